The molecule has 0 aromatic rings. The fraction of sp³-hybridized carbons (Fsp3) is 1.00. The molecule has 0 aromatic heterocycles. The Kier molecular flexibility index (Phi) is 6.70. The summed E-state index contributed by atoms with van der Waals surface area (Å²) in [7, 11) is 0. The third-order valence-corrected chi connectivity index (χ3v) is 3.85. The third-order valence-electron chi connectivity index (χ3n) is 3.22. The summed E-state index contributed by atoms with van der Waals surface area (Å²) in [5.41, 5.74) is 0. The first-order chi connectivity index (χ1) is 6.83. The van der Waals surface area contributed by atoms with Gasteiger partial charge in [0.25, 0.3) is 0 Å². The summed E-state index contributed by atoms with van der Waals surface area (Å²) in [5, 5.41) is 4.28. The van der Waals surface area contributed by atoms with Crippen LogP contribution in [0.15, 0.2) is 0 Å². The molecule has 1 fully saturated rings. The number of nitrogens with one attached hydrogen (secondary N) is 1. The molecule has 0 heterocycles. The van der Waals surface area contributed by atoms with Crippen molar-refractivity contribution in [2.24, 2.45) is 0 Å². The maximum atomic E-state index is 4.50. The lowest BCUT2D eigenvalue weighted by Crippen LogP contribution is -2.31. The molecule has 84 valence electrons. The molecule has 0 bridgehead atoms. The summed E-state index contributed by atoms with van der Waals surface area (Å²) in [5.74, 6) is 0. The van der Waals surface area contributed by atoms with Gasteiger partial charge in [0.15, 0.2) is 0 Å². The van der Waals surface area contributed by atoms with Crippen LogP contribution in [0.4, 0.5) is 0 Å². The molecule has 2 heteroatoms. The van der Waals surface area contributed by atoms with Crippen molar-refractivity contribution in [3.63, 3.8) is 0 Å². The molecular formula is C12H25NS. The van der Waals surface area contributed by atoms with Crippen LogP contribution in [-0.2, 0) is 0 Å². The van der Waals surface area contributed by atoms with Crippen molar-refractivity contribution in [1.29, 1.82) is 0 Å². The average Bonchev–Trinajstić information content (AvgIpc) is 2.25. The zero-order valence-corrected chi connectivity index (χ0v) is 10.4. The lowest BCUT2D eigenvalue weighted by atomic mass is 9.95. The maximum Gasteiger partial charge on any atom is 0.00670 e. The van der Waals surface area contributed by atoms with Gasteiger partial charge in [-0.1, -0.05) is 26.2 Å². The largest absolute Gasteiger partial charge is 0.314 e. The second kappa shape index (κ2) is 7.58. The standard InChI is InChI=1S/C12H25NS/c1-2-12(14)9-6-10-13-11-7-4-3-5-8-11/h11-14H,2-10H2,1H3. The number of hydrogen-bond acceptors (Lipinski definition) is 2. The van der Waals surface area contributed by atoms with E-state index in [0.717, 1.165) is 6.04 Å². The van der Waals surface area contributed by atoms with Crippen molar-refractivity contribution in [3.05, 3.63) is 0 Å². The van der Waals surface area contributed by atoms with Gasteiger partial charge in [0.2, 0.25) is 0 Å². The van der Waals surface area contributed by atoms with Gasteiger partial charge in [-0.05, 0) is 38.6 Å². The summed E-state index contributed by atoms with van der Waals surface area (Å²) in [6.45, 7) is 3.41. The number of hydrogen-bond donors (Lipinski definition) is 2. The highest BCUT2D eigenvalue weighted by Gasteiger charge is 2.11. The van der Waals surface area contributed by atoms with Gasteiger partial charge in [-0.15, -0.1) is 0 Å². The molecule has 1 unspecified atom stereocenters. The first-order valence-electron chi connectivity index (χ1n) is 6.24. The van der Waals surface area contributed by atoms with Crippen LogP contribution in [0.1, 0.15) is 58.3 Å². The highest BCUT2D eigenvalue weighted by atomic mass is 32.1. The van der Waals surface area contributed by atoms with E-state index in [1.807, 2.05) is 0 Å². The van der Waals surface area contributed by atoms with E-state index in [1.54, 1.807) is 0 Å². The summed E-state index contributed by atoms with van der Waals surface area (Å²) in [6, 6.07) is 0.823. The van der Waals surface area contributed by atoms with Crippen molar-refractivity contribution >= 4 is 12.6 Å². The van der Waals surface area contributed by atoms with Crippen LogP contribution in [0.25, 0.3) is 0 Å². The van der Waals surface area contributed by atoms with E-state index in [4.69, 9.17) is 0 Å². The van der Waals surface area contributed by atoms with Gasteiger partial charge in [0.1, 0.15) is 0 Å². The molecule has 1 aliphatic rings. The van der Waals surface area contributed by atoms with E-state index < -0.39 is 0 Å². The van der Waals surface area contributed by atoms with E-state index >= 15 is 0 Å². The van der Waals surface area contributed by atoms with Gasteiger partial charge < -0.3 is 5.32 Å². The highest BCUT2D eigenvalue weighted by molar-refractivity contribution is 7.80. The first kappa shape index (κ1) is 12.4. The normalized spacial score (nSPS) is 21.0. The second-order valence-corrected chi connectivity index (χ2v) is 5.22. The van der Waals surface area contributed by atoms with Crippen molar-refractivity contribution in [3.8, 4) is 0 Å². The molecule has 1 aliphatic carbocycles. The molecule has 0 spiro atoms. The molecule has 0 saturated heterocycles. The van der Waals surface area contributed by atoms with Crippen LogP contribution in [0.3, 0.4) is 0 Å². The summed E-state index contributed by atoms with van der Waals surface area (Å²) < 4.78 is 0. The van der Waals surface area contributed by atoms with Crippen LogP contribution in [0.2, 0.25) is 0 Å². The Bertz CT molecular complexity index is 132. The molecule has 14 heavy (non-hydrogen) atoms. The zero-order chi connectivity index (χ0) is 10.2. The van der Waals surface area contributed by atoms with Crippen molar-refractivity contribution in [2.45, 2.75) is 69.6 Å². The van der Waals surface area contributed by atoms with Gasteiger partial charge >= 0.3 is 0 Å². The molecule has 1 N–H and O–H groups in total. The SMILES string of the molecule is CCC(S)CCCNC1CCCCC1. The van der Waals surface area contributed by atoms with Crippen LogP contribution < -0.4 is 5.32 Å². The van der Waals surface area contributed by atoms with E-state index in [0.29, 0.717) is 5.25 Å². The Morgan fingerprint density at radius 3 is 2.64 bits per heavy atom. The van der Waals surface area contributed by atoms with Crippen LogP contribution in [-0.4, -0.2) is 17.8 Å². The van der Waals surface area contributed by atoms with Crippen molar-refractivity contribution in [2.75, 3.05) is 6.54 Å². The minimum absolute atomic E-state index is 0.614. The molecule has 1 atom stereocenters. The summed E-state index contributed by atoms with van der Waals surface area (Å²) >= 11 is 4.50. The molecule has 1 rings (SSSR count). The Morgan fingerprint density at radius 2 is 2.00 bits per heavy atom. The third kappa shape index (κ3) is 5.26. The zero-order valence-electron chi connectivity index (χ0n) is 9.47. The van der Waals surface area contributed by atoms with Crippen LogP contribution >= 0.6 is 12.6 Å². The van der Waals surface area contributed by atoms with Gasteiger partial charge in [-0.3, -0.25) is 0 Å². The lowest BCUT2D eigenvalue weighted by molar-refractivity contribution is 0.370. The maximum absolute atomic E-state index is 4.50. The van der Waals surface area contributed by atoms with E-state index in [2.05, 4.69) is 24.9 Å². The van der Waals surface area contributed by atoms with E-state index in [-0.39, 0.29) is 0 Å². The second-order valence-electron chi connectivity index (χ2n) is 4.49. The lowest BCUT2D eigenvalue weighted by Gasteiger charge is -2.23. The van der Waals surface area contributed by atoms with Gasteiger partial charge in [0, 0.05) is 11.3 Å². The minimum atomic E-state index is 0.614. The molecule has 0 aromatic carbocycles. The van der Waals surface area contributed by atoms with Crippen LogP contribution in [0.5, 0.6) is 0 Å². The first-order valence-corrected chi connectivity index (χ1v) is 6.76. The van der Waals surface area contributed by atoms with Gasteiger partial charge in [-0.25, -0.2) is 0 Å². The van der Waals surface area contributed by atoms with Crippen molar-refractivity contribution < 1.29 is 0 Å². The molecule has 1 saturated carbocycles. The monoisotopic (exact) mass is 215 g/mol. The Hall–Kier alpha value is 0.310. The molecular weight excluding hydrogens is 190 g/mol. The number of rotatable bonds is 6. The Balaban J connectivity index is 1.92. The predicted octanol–water partition coefficient (Wildman–Crippen LogP) is 3.40. The van der Waals surface area contributed by atoms with Crippen LogP contribution in [0, 0.1) is 0 Å². The molecule has 0 radical (unpaired) electrons. The summed E-state index contributed by atoms with van der Waals surface area (Å²) in [6.07, 6.45) is 10.9. The van der Waals surface area contributed by atoms with Gasteiger partial charge in [-0.2, -0.15) is 12.6 Å². The van der Waals surface area contributed by atoms with Crippen molar-refractivity contribution in [1.82, 2.24) is 5.32 Å². The highest BCUT2D eigenvalue weighted by Crippen LogP contribution is 2.17. The summed E-state index contributed by atoms with van der Waals surface area (Å²) in [4.78, 5) is 0. The van der Waals surface area contributed by atoms with E-state index in [9.17, 15) is 0 Å². The number of thiol groups is 1. The fourth-order valence-corrected chi connectivity index (χ4v) is 2.34. The average molecular weight is 215 g/mol. The Labute approximate surface area is 94.5 Å². The molecule has 1 nitrogen and oxygen atoms in total. The Morgan fingerprint density at radius 1 is 1.29 bits per heavy atom. The predicted molar refractivity (Wildman–Crippen MR) is 67.2 cm³/mol. The smallest absolute Gasteiger partial charge is 0.00670 e. The quantitative estimate of drug-likeness (QED) is 0.511. The molecule has 0 aliphatic heterocycles. The van der Waals surface area contributed by atoms with E-state index in [1.165, 1.54) is 57.9 Å². The molecule has 0 amide bonds. The fourth-order valence-electron chi connectivity index (χ4n) is 2.15. The topological polar surface area (TPSA) is 12.0 Å². The minimum Gasteiger partial charge on any atom is -0.314 e. The van der Waals surface area contributed by atoms with Gasteiger partial charge in [0.05, 0.1) is 0 Å².